The minimum atomic E-state index is -2.59. The topological polar surface area (TPSA) is 221 Å². The molecule has 14 nitrogen and oxygen atoms in total. The van der Waals surface area contributed by atoms with E-state index in [1.165, 1.54) is 6.08 Å². The number of aliphatic hydroxyl groups excluding tert-OH is 3. The van der Waals surface area contributed by atoms with Crippen molar-refractivity contribution < 1.29 is 64.0 Å². The van der Waals surface area contributed by atoms with Crippen LogP contribution in [0.1, 0.15) is 42.4 Å². The molecule has 7 atom stereocenters. The molecule has 1 fully saturated rings. The summed E-state index contributed by atoms with van der Waals surface area (Å²) in [6.07, 6.45) is -6.23. The zero-order valence-corrected chi connectivity index (χ0v) is 22.1. The number of hydrogen-bond donors (Lipinski definition) is 6. The van der Waals surface area contributed by atoms with E-state index in [9.17, 15) is 39.6 Å². The summed E-state index contributed by atoms with van der Waals surface area (Å²) >= 11 is 0. The molecule has 41 heavy (non-hydrogen) atoms. The van der Waals surface area contributed by atoms with Crippen molar-refractivity contribution in [3.05, 3.63) is 40.7 Å². The molecule has 1 aromatic carbocycles. The Morgan fingerprint density at radius 3 is 2.51 bits per heavy atom. The Morgan fingerprint density at radius 2 is 1.85 bits per heavy atom. The number of carbonyl (C=O) groups is 4. The summed E-state index contributed by atoms with van der Waals surface area (Å²) in [7, 11) is 1.93. The van der Waals surface area contributed by atoms with Crippen molar-refractivity contribution in [2.75, 3.05) is 13.6 Å². The molecule has 0 unspecified atom stereocenters. The summed E-state index contributed by atoms with van der Waals surface area (Å²) in [5.74, 6) is -6.29. The van der Waals surface area contributed by atoms with Crippen LogP contribution in [0.3, 0.4) is 0 Å². The van der Waals surface area contributed by atoms with Gasteiger partial charge in [-0.1, -0.05) is 12.1 Å². The first-order chi connectivity index (χ1) is 19.4. The van der Waals surface area contributed by atoms with Crippen molar-refractivity contribution in [2.24, 2.45) is 0 Å². The average Bonchev–Trinajstić information content (AvgIpc) is 3.26. The van der Waals surface area contributed by atoms with E-state index in [1.807, 2.05) is 13.1 Å². The number of aliphatic carboxylic acids is 2. The molecule has 5 rings (SSSR count). The first-order valence-corrected chi connectivity index (χ1v) is 13.1. The van der Waals surface area contributed by atoms with Crippen LogP contribution < -0.4 is 4.74 Å². The van der Waals surface area contributed by atoms with Crippen LogP contribution in [-0.2, 0) is 47.1 Å². The Balaban J connectivity index is 1.43. The fourth-order valence-electron chi connectivity index (χ4n) is 6.87. The molecule has 2 bridgehead atoms. The Labute approximate surface area is 233 Å². The van der Waals surface area contributed by atoms with E-state index in [4.69, 9.17) is 19.7 Å². The smallest absolute Gasteiger partial charge is 0.345 e. The number of carboxylic acids is 2. The number of benzene rings is 1. The minimum absolute atomic E-state index is 0.0584. The van der Waals surface area contributed by atoms with Crippen LogP contribution in [0.4, 0.5) is 0 Å². The lowest BCUT2D eigenvalue weighted by Crippen LogP contribution is -2.69. The molecular weight excluding hydrogens is 546 g/mol. The second kappa shape index (κ2) is 10.4. The molecule has 0 saturated carbocycles. The van der Waals surface area contributed by atoms with Gasteiger partial charge in [0.05, 0.1) is 24.0 Å². The van der Waals surface area contributed by atoms with E-state index in [-0.39, 0.29) is 24.8 Å². The van der Waals surface area contributed by atoms with Crippen molar-refractivity contribution in [3.8, 4) is 5.75 Å². The van der Waals surface area contributed by atoms with E-state index >= 15 is 0 Å². The maximum atomic E-state index is 12.9. The molecule has 2 aliphatic carbocycles. The third-order valence-corrected chi connectivity index (χ3v) is 8.74. The highest BCUT2D eigenvalue weighted by Crippen LogP contribution is 2.64. The van der Waals surface area contributed by atoms with Gasteiger partial charge in [0.2, 0.25) is 6.10 Å². The van der Waals surface area contributed by atoms with Crippen molar-refractivity contribution >= 4 is 23.9 Å². The number of likely N-dealkylation sites (tertiary alicyclic amines) is 1. The lowest BCUT2D eigenvalue weighted by Gasteiger charge is -2.56. The van der Waals surface area contributed by atoms with Gasteiger partial charge in [-0.2, -0.15) is 0 Å². The predicted molar refractivity (Wildman–Crippen MR) is 133 cm³/mol. The fourth-order valence-corrected chi connectivity index (χ4v) is 6.87. The number of esters is 2. The number of rotatable bonds is 9. The second-order valence-electron chi connectivity index (χ2n) is 10.9. The first kappa shape index (κ1) is 29.0. The van der Waals surface area contributed by atoms with Gasteiger partial charge in [-0.25, -0.2) is 14.4 Å². The van der Waals surface area contributed by atoms with Gasteiger partial charge in [0.25, 0.3) is 0 Å². The summed E-state index contributed by atoms with van der Waals surface area (Å²) in [6, 6.07) is 3.35. The molecule has 0 radical (unpaired) electrons. The van der Waals surface area contributed by atoms with Gasteiger partial charge in [-0.3, -0.25) is 4.79 Å². The lowest BCUT2D eigenvalue weighted by atomic mass is 9.52. The first-order valence-electron chi connectivity index (χ1n) is 13.1. The van der Waals surface area contributed by atoms with Crippen LogP contribution in [0.2, 0.25) is 0 Å². The van der Waals surface area contributed by atoms with Gasteiger partial charge >= 0.3 is 23.9 Å². The third kappa shape index (κ3) is 4.37. The van der Waals surface area contributed by atoms with E-state index < -0.39 is 65.7 Å². The normalized spacial score (nSPS) is 30.0. The van der Waals surface area contributed by atoms with Crippen molar-refractivity contribution in [3.63, 3.8) is 0 Å². The second-order valence-corrected chi connectivity index (χ2v) is 10.9. The number of likely N-dealkylation sites (N-methyl/N-ethyl adjacent to an activating group) is 1. The summed E-state index contributed by atoms with van der Waals surface area (Å²) in [6.45, 7) is 0.358. The molecule has 2 heterocycles. The van der Waals surface area contributed by atoms with Crippen molar-refractivity contribution in [1.82, 2.24) is 4.90 Å². The highest BCUT2D eigenvalue weighted by atomic mass is 16.6. The summed E-state index contributed by atoms with van der Waals surface area (Å²) in [4.78, 5) is 49.2. The summed E-state index contributed by atoms with van der Waals surface area (Å²) < 4.78 is 16.3. The number of ether oxygens (including phenoxy) is 3. The van der Waals surface area contributed by atoms with Gasteiger partial charge < -0.3 is 49.7 Å². The maximum absolute atomic E-state index is 12.9. The minimum Gasteiger partial charge on any atom is -0.481 e. The Morgan fingerprint density at radius 1 is 1.15 bits per heavy atom. The van der Waals surface area contributed by atoms with Crippen molar-refractivity contribution in [1.29, 1.82) is 0 Å². The van der Waals surface area contributed by atoms with Gasteiger partial charge in [-0.05, 0) is 44.5 Å². The molecule has 4 aliphatic rings. The predicted octanol–water partition coefficient (Wildman–Crippen LogP) is -1.42. The van der Waals surface area contributed by atoms with E-state index in [0.29, 0.717) is 37.1 Å². The van der Waals surface area contributed by atoms with Crippen LogP contribution in [-0.4, -0.2) is 109 Å². The number of carbonyl (C=O) groups excluding carboxylic acids is 2. The van der Waals surface area contributed by atoms with Crippen LogP contribution in [0.15, 0.2) is 24.0 Å². The van der Waals surface area contributed by atoms with Gasteiger partial charge in [0.1, 0.15) is 11.5 Å². The van der Waals surface area contributed by atoms with E-state index in [0.717, 1.165) is 11.1 Å². The fraction of sp³-hybridized carbons (Fsp3) is 0.556. The zero-order chi connectivity index (χ0) is 29.9. The Kier molecular flexibility index (Phi) is 7.32. The SMILES string of the molecule is CN1CCC[C@]23c4c5ccc(CO)c4O[C@H]2C(OC(=O)[C@H](O)[C@@H](O)C(=O)O[C@@H](CC(=O)O)C(=O)O)=CC[C@@]3(O)[C@H]1C5. The molecule has 1 spiro atoms. The molecule has 2 aliphatic heterocycles. The number of aliphatic hydroxyl groups is 4. The molecule has 14 heteroatoms. The Bertz CT molecular complexity index is 1330. The number of hydrogen-bond acceptors (Lipinski definition) is 12. The third-order valence-electron chi connectivity index (χ3n) is 8.74. The summed E-state index contributed by atoms with van der Waals surface area (Å²) in [5, 5.41) is 60.8. The highest BCUT2D eigenvalue weighted by molar-refractivity contribution is 5.88. The highest BCUT2D eigenvalue weighted by Gasteiger charge is 2.70. The molecule has 0 amide bonds. The molecule has 222 valence electrons. The summed E-state index contributed by atoms with van der Waals surface area (Å²) in [5.41, 5.74) is -0.225. The molecule has 1 aromatic rings. The van der Waals surface area contributed by atoms with E-state index in [2.05, 4.69) is 9.64 Å². The monoisotopic (exact) mass is 577 g/mol. The molecule has 0 aromatic heterocycles. The quantitative estimate of drug-likeness (QED) is 0.186. The zero-order valence-electron chi connectivity index (χ0n) is 22.1. The number of carboxylic acid groups (broad SMARTS) is 2. The number of nitrogens with zero attached hydrogens (tertiary/aromatic N) is 1. The molecule has 1 saturated heterocycles. The van der Waals surface area contributed by atoms with Gasteiger partial charge in [0, 0.05) is 23.6 Å². The van der Waals surface area contributed by atoms with Crippen molar-refractivity contribution in [2.45, 2.75) is 80.2 Å². The Hall–Kier alpha value is -3.56. The van der Waals surface area contributed by atoms with Crippen LogP contribution >= 0.6 is 0 Å². The lowest BCUT2D eigenvalue weighted by molar-refractivity contribution is -0.182. The largest absolute Gasteiger partial charge is 0.481 e. The average molecular weight is 578 g/mol. The maximum Gasteiger partial charge on any atom is 0.345 e. The standard InChI is InChI=1S/C27H31NO13/c1-28-8-2-6-26-18-12-3-4-13(11-29)21(18)41-22(26)14(5-7-27(26,38)16(28)9-12)39-24(36)19(32)20(33)25(37)40-15(23(34)35)10-17(30)31/h3-5,15-16,19-20,22,29,32-33,38H,2,6-11H2,1H3,(H,30,31)(H,34,35)/t15-,16+,19+,20+,22-,26-,27+/m0/s1. The van der Waals surface area contributed by atoms with Crippen LogP contribution in [0.25, 0.3) is 0 Å². The van der Waals surface area contributed by atoms with Crippen LogP contribution in [0.5, 0.6) is 5.75 Å². The van der Waals surface area contributed by atoms with Crippen LogP contribution in [0, 0.1) is 0 Å². The molecule has 6 N–H and O–H groups in total. The van der Waals surface area contributed by atoms with Gasteiger partial charge in [-0.15, -0.1) is 0 Å². The van der Waals surface area contributed by atoms with E-state index in [1.54, 1.807) is 6.07 Å². The van der Waals surface area contributed by atoms with Gasteiger partial charge in [0.15, 0.2) is 18.3 Å². The molecular formula is C27H31NO13.